The Bertz CT molecular complexity index is 2820. The van der Waals surface area contributed by atoms with Crippen molar-refractivity contribution >= 4 is 57.4 Å². The van der Waals surface area contributed by atoms with Gasteiger partial charge in [0.25, 0.3) is 0 Å². The first-order valence-corrected chi connectivity index (χ1v) is 25.5. The third-order valence-corrected chi connectivity index (χ3v) is 16.2. The lowest BCUT2D eigenvalue weighted by atomic mass is 9.79. The molecule has 7 heterocycles. The average molecular weight is 977 g/mol. The number of benzene rings is 3. The minimum atomic E-state index is -1.16. The molecule has 71 heavy (non-hydrogen) atoms. The third kappa shape index (κ3) is 8.89. The SMILES string of the molecule is COC(=O)N[C@H](C(=O)N1CCC[C@H]1c1nc2ccc([C@H]3CC[C@H](c4ccc5nc([C@@H]6CCCN6C(=O)[C@H](C(C)C)N(C)C(=O)O)[nH]c5c4)N3c3cc(F)c(N4CC5CCC4CC5)c(F)c3)cc2[nH]1)C(C)C. The smallest absolute Gasteiger partial charge is 0.407 e. The standard InChI is InChI=1S/C53H66F2N10O6/c1-28(2)45(60-52(68)71-6)50(66)62-21-7-9-43(62)48-56-37-17-13-31(23-39(37)58-48)41-19-20-42(65(41)34-25-35(54)47(36(55)26-34)64-27-30-11-15-33(64)16-12-30)32-14-18-38-40(24-32)59-49(57-38)44-10-8-22-63(44)51(67)46(29(3)4)61(5)53(69)70/h13-14,17-18,23-26,28-30,33,41-46H,7-12,15-16,19-22,27H2,1-6H3,(H,56,58)(H,57,59)(H,60,68)(H,69,70)/t30?,33?,41-,42-,43+,44+,45+,46+/m1/s1. The van der Waals surface area contributed by atoms with E-state index in [0.29, 0.717) is 74.1 Å². The molecule has 4 N–H and O–H groups in total. The number of likely N-dealkylation sites (N-methyl/N-ethyl adjacent to an activating group) is 1. The van der Waals surface area contributed by atoms with Crippen molar-refractivity contribution in [3.63, 3.8) is 0 Å². The van der Waals surface area contributed by atoms with Gasteiger partial charge >= 0.3 is 12.2 Å². The molecule has 5 aliphatic heterocycles. The summed E-state index contributed by atoms with van der Waals surface area (Å²) in [6, 6.07) is 12.4. The molecule has 4 amide bonds. The number of H-pyrrole nitrogens is 2. The number of fused-ring (bicyclic) bond motifs is 5. The lowest BCUT2D eigenvalue weighted by Gasteiger charge is -2.47. The van der Waals surface area contributed by atoms with Crippen LogP contribution in [0.5, 0.6) is 0 Å². The van der Waals surface area contributed by atoms with Crippen LogP contribution in [0.2, 0.25) is 0 Å². The maximum Gasteiger partial charge on any atom is 0.407 e. The first kappa shape index (κ1) is 48.2. The lowest BCUT2D eigenvalue weighted by Crippen LogP contribution is -2.51. The lowest BCUT2D eigenvalue weighted by molar-refractivity contribution is -0.138. The second-order valence-electron chi connectivity index (χ2n) is 21.2. The summed E-state index contributed by atoms with van der Waals surface area (Å²) >= 11 is 0. The highest BCUT2D eigenvalue weighted by Crippen LogP contribution is 2.50. The minimum absolute atomic E-state index is 0.0576. The van der Waals surface area contributed by atoms with Crippen LogP contribution >= 0.6 is 0 Å². The zero-order chi connectivity index (χ0) is 50.0. The highest BCUT2D eigenvalue weighted by Gasteiger charge is 2.43. The van der Waals surface area contributed by atoms with E-state index >= 15 is 8.78 Å². The molecule has 6 aliphatic rings. The van der Waals surface area contributed by atoms with Crippen LogP contribution in [0.25, 0.3) is 22.1 Å². The van der Waals surface area contributed by atoms with Crippen molar-refractivity contribution in [2.75, 3.05) is 43.6 Å². The van der Waals surface area contributed by atoms with E-state index in [-0.39, 0.29) is 59.5 Å². The summed E-state index contributed by atoms with van der Waals surface area (Å²) in [5, 5.41) is 12.5. The van der Waals surface area contributed by atoms with Crippen molar-refractivity contribution in [3.8, 4) is 0 Å². The van der Waals surface area contributed by atoms with Crippen molar-refractivity contribution in [3.05, 3.63) is 82.9 Å². The summed E-state index contributed by atoms with van der Waals surface area (Å²) in [5.74, 6) is -0.263. The van der Waals surface area contributed by atoms with Crippen LogP contribution in [0.3, 0.4) is 0 Å². The van der Waals surface area contributed by atoms with Crippen LogP contribution in [0, 0.1) is 29.4 Å². The largest absolute Gasteiger partial charge is 0.465 e. The fourth-order valence-corrected chi connectivity index (χ4v) is 12.7. The normalized spacial score (nSPS) is 24.2. The Hall–Kier alpha value is -6.46. The van der Waals surface area contributed by atoms with Gasteiger partial charge in [-0.1, -0.05) is 39.8 Å². The number of aromatic nitrogens is 4. The van der Waals surface area contributed by atoms with Gasteiger partial charge in [0.15, 0.2) is 11.6 Å². The number of hydrogen-bond donors (Lipinski definition) is 4. The highest BCUT2D eigenvalue weighted by atomic mass is 19.1. The number of anilines is 2. The predicted molar refractivity (Wildman–Crippen MR) is 265 cm³/mol. The number of imidazole rings is 2. The number of amides is 4. The maximum absolute atomic E-state index is 16.7. The van der Waals surface area contributed by atoms with Gasteiger partial charge in [0.2, 0.25) is 11.8 Å². The number of ether oxygens (including phenoxy) is 1. The van der Waals surface area contributed by atoms with E-state index in [4.69, 9.17) is 14.7 Å². The van der Waals surface area contributed by atoms with Crippen molar-refractivity contribution in [1.29, 1.82) is 0 Å². The molecule has 6 atom stereocenters. The summed E-state index contributed by atoms with van der Waals surface area (Å²) < 4.78 is 38.3. The number of alkyl carbamates (subject to hydrolysis) is 1. The van der Waals surface area contributed by atoms with Gasteiger partial charge < -0.3 is 44.7 Å². The fraction of sp³-hybridized carbons (Fsp3) is 0.547. The van der Waals surface area contributed by atoms with Gasteiger partial charge in [0, 0.05) is 38.4 Å². The minimum Gasteiger partial charge on any atom is -0.465 e. The fourth-order valence-electron chi connectivity index (χ4n) is 12.7. The number of nitrogens with zero attached hydrogens (tertiary/aromatic N) is 7. The van der Waals surface area contributed by atoms with Crippen LogP contribution in [0.1, 0.15) is 139 Å². The quantitative estimate of drug-likeness (QED) is 0.0940. The van der Waals surface area contributed by atoms with Crippen molar-refractivity contribution < 1.29 is 37.8 Å². The second kappa shape index (κ2) is 19.3. The number of likely N-dealkylation sites (tertiary alicyclic amines) is 2. The molecule has 3 aromatic carbocycles. The average Bonchev–Trinajstić information content (AvgIpc) is 4.21. The molecule has 0 radical (unpaired) electrons. The van der Waals surface area contributed by atoms with E-state index < -0.39 is 35.9 Å². The summed E-state index contributed by atoms with van der Waals surface area (Å²) in [4.78, 5) is 77.9. The first-order valence-electron chi connectivity index (χ1n) is 25.5. The number of hydrogen-bond acceptors (Lipinski definition) is 9. The summed E-state index contributed by atoms with van der Waals surface area (Å²) in [5.41, 5.74) is 5.37. The predicted octanol–water partition coefficient (Wildman–Crippen LogP) is 9.52. The number of aromatic amines is 2. The van der Waals surface area contributed by atoms with Gasteiger partial charge in [-0.25, -0.2) is 28.3 Å². The highest BCUT2D eigenvalue weighted by molar-refractivity contribution is 5.87. The molecule has 16 nitrogen and oxygen atoms in total. The molecule has 1 saturated carbocycles. The summed E-state index contributed by atoms with van der Waals surface area (Å²) in [7, 11) is 2.71. The van der Waals surface area contributed by atoms with Crippen molar-refractivity contribution in [2.45, 2.75) is 134 Å². The summed E-state index contributed by atoms with van der Waals surface area (Å²) in [6.45, 7) is 9.14. The number of rotatable bonds is 12. The maximum atomic E-state index is 16.7. The van der Waals surface area contributed by atoms with E-state index in [9.17, 15) is 24.3 Å². The molecule has 2 aromatic heterocycles. The van der Waals surface area contributed by atoms with Gasteiger partial charge in [-0.05, 0) is 129 Å². The first-order chi connectivity index (χ1) is 34.1. The van der Waals surface area contributed by atoms with Crippen molar-refractivity contribution in [2.24, 2.45) is 17.8 Å². The third-order valence-electron chi connectivity index (χ3n) is 16.2. The Labute approximate surface area is 412 Å². The number of halogens is 2. The molecular weight excluding hydrogens is 911 g/mol. The van der Waals surface area contributed by atoms with Gasteiger partial charge in [-0.2, -0.15) is 0 Å². The monoisotopic (exact) mass is 977 g/mol. The Balaban J connectivity index is 0.978. The molecule has 5 saturated heterocycles. The number of nitrogens with one attached hydrogen (secondary N) is 3. The molecule has 6 fully saturated rings. The molecule has 2 bridgehead atoms. The van der Waals surface area contributed by atoms with Crippen LogP contribution in [0.4, 0.5) is 29.7 Å². The van der Waals surface area contributed by atoms with Crippen LogP contribution in [-0.2, 0) is 14.3 Å². The molecule has 0 unspecified atom stereocenters. The number of methoxy groups -OCH3 is 1. The Morgan fingerprint density at radius 2 is 1.27 bits per heavy atom. The van der Waals surface area contributed by atoms with Gasteiger partial charge in [-0.3, -0.25) is 14.5 Å². The molecular formula is C53H66F2N10O6. The number of carboxylic acid groups (broad SMARTS) is 1. The van der Waals surface area contributed by atoms with E-state index in [0.717, 1.165) is 71.1 Å². The molecule has 11 rings (SSSR count). The number of piperidine rings is 2. The Morgan fingerprint density at radius 1 is 0.732 bits per heavy atom. The summed E-state index contributed by atoms with van der Waals surface area (Å²) in [6.07, 6.45) is 6.51. The van der Waals surface area contributed by atoms with Crippen LogP contribution < -0.4 is 15.1 Å². The van der Waals surface area contributed by atoms with Crippen LogP contribution in [-0.4, -0.2) is 116 Å². The second-order valence-corrected chi connectivity index (χ2v) is 21.2. The zero-order valence-corrected chi connectivity index (χ0v) is 41.5. The van der Waals surface area contributed by atoms with E-state index in [1.807, 2.05) is 56.9 Å². The topological polar surface area (TPSA) is 183 Å². The van der Waals surface area contributed by atoms with Gasteiger partial charge in [0.05, 0.1) is 53.3 Å². The Kier molecular flexibility index (Phi) is 13.1. The molecule has 5 aromatic rings. The molecule has 378 valence electrons. The Morgan fingerprint density at radius 3 is 1.73 bits per heavy atom. The molecule has 18 heteroatoms. The van der Waals surface area contributed by atoms with E-state index in [1.165, 1.54) is 26.3 Å². The van der Waals surface area contributed by atoms with Crippen molar-refractivity contribution in [1.82, 2.24) is 40.0 Å². The van der Waals surface area contributed by atoms with Gasteiger partial charge in [-0.15, -0.1) is 0 Å². The number of carbonyl (C=O) groups is 4. The molecule has 0 spiro atoms. The van der Waals surface area contributed by atoms with Crippen LogP contribution in [0.15, 0.2) is 48.5 Å². The number of carbonyl (C=O) groups excluding carboxylic acids is 3. The van der Waals surface area contributed by atoms with Gasteiger partial charge in [0.1, 0.15) is 29.4 Å². The van der Waals surface area contributed by atoms with E-state index in [2.05, 4.69) is 32.3 Å². The zero-order valence-electron chi connectivity index (χ0n) is 41.5. The van der Waals surface area contributed by atoms with E-state index in [1.54, 1.807) is 9.80 Å². The molecule has 1 aliphatic carbocycles.